The molecule has 0 aliphatic carbocycles. The molecule has 0 aliphatic rings. The van der Waals surface area contributed by atoms with Crippen LogP contribution >= 0.6 is 11.6 Å². The summed E-state index contributed by atoms with van der Waals surface area (Å²) in [5, 5.41) is 4.88. The van der Waals surface area contributed by atoms with Gasteiger partial charge in [-0.05, 0) is 31.9 Å². The van der Waals surface area contributed by atoms with Crippen molar-refractivity contribution in [2.24, 2.45) is 0 Å². The molecular formula is C12H15ClN4. The Morgan fingerprint density at radius 2 is 2.00 bits per heavy atom. The lowest BCUT2D eigenvalue weighted by molar-refractivity contribution is 0.649. The molecule has 0 amide bonds. The van der Waals surface area contributed by atoms with Crippen molar-refractivity contribution < 1.29 is 0 Å². The molecular weight excluding hydrogens is 236 g/mol. The lowest BCUT2D eigenvalue weighted by atomic mass is 10.1. The quantitative estimate of drug-likeness (QED) is 0.891. The summed E-state index contributed by atoms with van der Waals surface area (Å²) in [6.07, 6.45) is 3.43. The van der Waals surface area contributed by atoms with Crippen LogP contribution in [-0.4, -0.2) is 14.8 Å². The van der Waals surface area contributed by atoms with E-state index in [-0.39, 0.29) is 0 Å². The standard InChI is InChI=1S/C12H15ClN4/c1-7-4-15-11(8(2)12(7)14)6-17-9(3)10(13)5-16-17/h4-5H,6H2,1-3H3,(H2,14,15). The summed E-state index contributed by atoms with van der Waals surface area (Å²) in [6.45, 7) is 6.46. The van der Waals surface area contributed by atoms with Crippen molar-refractivity contribution in [3.63, 3.8) is 0 Å². The molecule has 0 saturated carbocycles. The Kier molecular flexibility index (Phi) is 3.07. The molecule has 2 aromatic rings. The first kappa shape index (κ1) is 11.9. The van der Waals surface area contributed by atoms with Crippen molar-refractivity contribution in [2.75, 3.05) is 5.73 Å². The van der Waals surface area contributed by atoms with Gasteiger partial charge in [0.15, 0.2) is 0 Å². The van der Waals surface area contributed by atoms with E-state index in [1.807, 2.05) is 25.5 Å². The lowest BCUT2D eigenvalue weighted by Crippen LogP contribution is -2.09. The second kappa shape index (κ2) is 4.37. The Labute approximate surface area is 105 Å². The third-order valence-corrected chi connectivity index (χ3v) is 3.39. The second-order valence-corrected chi connectivity index (χ2v) is 4.57. The molecule has 0 unspecified atom stereocenters. The van der Waals surface area contributed by atoms with Gasteiger partial charge in [0.25, 0.3) is 0 Å². The molecule has 90 valence electrons. The highest BCUT2D eigenvalue weighted by atomic mass is 35.5. The maximum absolute atomic E-state index is 5.98. The minimum absolute atomic E-state index is 0.592. The minimum atomic E-state index is 0.592. The van der Waals surface area contributed by atoms with E-state index in [0.717, 1.165) is 28.2 Å². The molecule has 2 heterocycles. The van der Waals surface area contributed by atoms with Crippen LogP contribution in [0.4, 0.5) is 5.69 Å². The second-order valence-electron chi connectivity index (χ2n) is 4.16. The number of nitrogens with two attached hydrogens (primary N) is 1. The molecule has 2 aromatic heterocycles. The van der Waals surface area contributed by atoms with Gasteiger partial charge in [-0.15, -0.1) is 0 Å². The van der Waals surface area contributed by atoms with Crippen molar-refractivity contribution in [1.29, 1.82) is 0 Å². The minimum Gasteiger partial charge on any atom is -0.398 e. The molecule has 2 rings (SSSR count). The maximum Gasteiger partial charge on any atom is 0.0838 e. The van der Waals surface area contributed by atoms with Gasteiger partial charge in [0.2, 0.25) is 0 Å². The van der Waals surface area contributed by atoms with Gasteiger partial charge in [0, 0.05) is 11.9 Å². The van der Waals surface area contributed by atoms with Gasteiger partial charge in [0.1, 0.15) is 0 Å². The third-order valence-electron chi connectivity index (χ3n) is 3.02. The monoisotopic (exact) mass is 250 g/mol. The van der Waals surface area contributed by atoms with E-state index < -0.39 is 0 Å². The Morgan fingerprint density at radius 3 is 2.59 bits per heavy atom. The highest BCUT2D eigenvalue weighted by Gasteiger charge is 2.09. The number of hydrogen-bond acceptors (Lipinski definition) is 3. The van der Waals surface area contributed by atoms with Crippen LogP contribution in [0.15, 0.2) is 12.4 Å². The predicted molar refractivity (Wildman–Crippen MR) is 69.2 cm³/mol. The van der Waals surface area contributed by atoms with Crippen molar-refractivity contribution in [1.82, 2.24) is 14.8 Å². The number of aromatic nitrogens is 3. The van der Waals surface area contributed by atoms with Crippen molar-refractivity contribution in [2.45, 2.75) is 27.3 Å². The number of anilines is 1. The number of aryl methyl sites for hydroxylation is 1. The van der Waals surface area contributed by atoms with Crippen LogP contribution in [-0.2, 0) is 6.54 Å². The van der Waals surface area contributed by atoms with E-state index in [4.69, 9.17) is 17.3 Å². The van der Waals surface area contributed by atoms with Crippen LogP contribution in [0, 0.1) is 20.8 Å². The number of pyridine rings is 1. The smallest absolute Gasteiger partial charge is 0.0838 e. The zero-order valence-electron chi connectivity index (χ0n) is 10.2. The number of halogens is 1. The van der Waals surface area contributed by atoms with Gasteiger partial charge in [-0.2, -0.15) is 5.10 Å². The lowest BCUT2D eigenvalue weighted by Gasteiger charge is -2.10. The van der Waals surface area contributed by atoms with E-state index in [1.165, 1.54) is 0 Å². The van der Waals surface area contributed by atoms with Gasteiger partial charge in [-0.25, -0.2) is 0 Å². The molecule has 4 nitrogen and oxygen atoms in total. The summed E-state index contributed by atoms with van der Waals surface area (Å²) in [6, 6.07) is 0. The van der Waals surface area contributed by atoms with Gasteiger partial charge < -0.3 is 5.73 Å². The van der Waals surface area contributed by atoms with Crippen LogP contribution in [0.5, 0.6) is 0 Å². The molecule has 0 fully saturated rings. The zero-order valence-corrected chi connectivity index (χ0v) is 10.9. The molecule has 0 aliphatic heterocycles. The van der Waals surface area contributed by atoms with E-state index in [9.17, 15) is 0 Å². The molecule has 0 atom stereocenters. The Bertz CT molecular complexity index is 560. The first-order valence-electron chi connectivity index (χ1n) is 5.39. The SMILES string of the molecule is Cc1cnc(Cn2ncc(Cl)c2C)c(C)c1N. The van der Waals surface area contributed by atoms with Gasteiger partial charge in [0.05, 0.1) is 29.2 Å². The van der Waals surface area contributed by atoms with Crippen molar-refractivity contribution >= 4 is 17.3 Å². The Hall–Kier alpha value is -1.55. The van der Waals surface area contributed by atoms with Crippen molar-refractivity contribution in [3.8, 4) is 0 Å². The Balaban J connectivity index is 2.37. The highest BCUT2D eigenvalue weighted by Crippen LogP contribution is 2.20. The average Bonchev–Trinajstić information content (AvgIpc) is 2.62. The van der Waals surface area contributed by atoms with E-state index in [0.29, 0.717) is 11.6 Å². The maximum atomic E-state index is 5.98. The highest BCUT2D eigenvalue weighted by molar-refractivity contribution is 6.31. The first-order chi connectivity index (χ1) is 8.00. The van der Waals surface area contributed by atoms with Crippen LogP contribution in [0.25, 0.3) is 0 Å². The topological polar surface area (TPSA) is 56.7 Å². The Morgan fingerprint density at radius 1 is 1.29 bits per heavy atom. The number of rotatable bonds is 2. The molecule has 2 N–H and O–H groups in total. The average molecular weight is 251 g/mol. The number of hydrogen-bond donors (Lipinski definition) is 1. The van der Waals surface area contributed by atoms with Crippen LogP contribution in [0.2, 0.25) is 5.02 Å². The molecule has 0 saturated heterocycles. The van der Waals surface area contributed by atoms with Gasteiger partial charge >= 0.3 is 0 Å². The molecule has 0 spiro atoms. The first-order valence-corrected chi connectivity index (χ1v) is 5.77. The van der Waals surface area contributed by atoms with Crippen LogP contribution in [0.1, 0.15) is 22.5 Å². The van der Waals surface area contributed by atoms with E-state index in [2.05, 4.69) is 10.1 Å². The van der Waals surface area contributed by atoms with Gasteiger partial charge in [-0.3, -0.25) is 9.67 Å². The molecule has 0 radical (unpaired) electrons. The van der Waals surface area contributed by atoms with Crippen LogP contribution in [0.3, 0.4) is 0 Å². The summed E-state index contributed by atoms with van der Waals surface area (Å²) in [7, 11) is 0. The van der Waals surface area contributed by atoms with E-state index in [1.54, 1.807) is 12.4 Å². The largest absolute Gasteiger partial charge is 0.398 e. The van der Waals surface area contributed by atoms with Gasteiger partial charge in [-0.1, -0.05) is 11.6 Å². The molecule has 5 heteroatoms. The third kappa shape index (κ3) is 2.13. The van der Waals surface area contributed by atoms with Crippen LogP contribution < -0.4 is 5.73 Å². The summed E-state index contributed by atoms with van der Waals surface area (Å²) >= 11 is 5.96. The normalized spacial score (nSPS) is 10.8. The summed E-state index contributed by atoms with van der Waals surface area (Å²) < 4.78 is 1.83. The molecule has 17 heavy (non-hydrogen) atoms. The molecule has 0 aromatic carbocycles. The van der Waals surface area contributed by atoms with Crippen molar-refractivity contribution in [3.05, 3.63) is 39.9 Å². The summed E-state index contributed by atoms with van der Waals surface area (Å²) in [5.41, 5.74) is 10.7. The summed E-state index contributed by atoms with van der Waals surface area (Å²) in [5.74, 6) is 0. The fourth-order valence-corrected chi connectivity index (χ4v) is 1.82. The fourth-order valence-electron chi connectivity index (χ4n) is 1.68. The predicted octanol–water partition coefficient (Wildman–Crippen LogP) is 2.49. The molecule has 0 bridgehead atoms. The number of nitrogen functional groups attached to an aromatic ring is 1. The van der Waals surface area contributed by atoms with E-state index >= 15 is 0 Å². The summed E-state index contributed by atoms with van der Waals surface area (Å²) in [4.78, 5) is 4.40. The number of nitrogens with zero attached hydrogens (tertiary/aromatic N) is 3. The zero-order chi connectivity index (χ0) is 12.6. The fraction of sp³-hybridized carbons (Fsp3) is 0.333.